The first-order valence-corrected chi connectivity index (χ1v) is 7.27. The number of carbonyl (C=O) groups excluding carboxylic acids is 1. The second kappa shape index (κ2) is 6.67. The molecule has 1 aliphatic rings. The summed E-state index contributed by atoms with van der Waals surface area (Å²) < 4.78 is 5.33. The molecule has 20 heavy (non-hydrogen) atoms. The van der Waals surface area contributed by atoms with E-state index in [9.17, 15) is 9.59 Å². The van der Waals surface area contributed by atoms with Crippen LogP contribution in [0.2, 0.25) is 0 Å². The number of carboxylic acid groups (broad SMARTS) is 1. The Hall–Kier alpha value is -1.66. The topological polar surface area (TPSA) is 75.6 Å². The third kappa shape index (κ3) is 3.46. The van der Waals surface area contributed by atoms with Gasteiger partial charge in [0, 0.05) is 11.3 Å². The van der Waals surface area contributed by atoms with Gasteiger partial charge in [0.1, 0.15) is 6.04 Å². The van der Waals surface area contributed by atoms with Crippen LogP contribution in [0, 0.1) is 0 Å². The molecule has 0 radical (unpaired) electrons. The fraction of sp³-hybridized carbons (Fsp3) is 0.429. The van der Waals surface area contributed by atoms with Crippen LogP contribution >= 0.6 is 11.3 Å². The maximum Gasteiger partial charge on any atom is 0.326 e. The zero-order chi connectivity index (χ0) is 14.5. The highest BCUT2D eigenvalue weighted by Crippen LogP contribution is 2.27. The molecule has 2 N–H and O–H groups in total. The van der Waals surface area contributed by atoms with Gasteiger partial charge in [-0.2, -0.15) is 0 Å². The van der Waals surface area contributed by atoms with Gasteiger partial charge >= 0.3 is 5.97 Å². The summed E-state index contributed by atoms with van der Waals surface area (Å²) in [5.41, 5.74) is 1.03. The van der Waals surface area contributed by atoms with E-state index in [1.807, 2.05) is 0 Å². The molecule has 0 aliphatic carbocycles. The maximum absolute atomic E-state index is 12.1. The van der Waals surface area contributed by atoms with Gasteiger partial charge in [-0.3, -0.25) is 4.79 Å². The lowest BCUT2D eigenvalue weighted by Crippen LogP contribution is -2.40. The van der Waals surface area contributed by atoms with Crippen molar-refractivity contribution in [3.63, 3.8) is 0 Å². The van der Waals surface area contributed by atoms with E-state index in [-0.39, 0.29) is 5.91 Å². The Kier molecular flexibility index (Phi) is 4.92. The lowest BCUT2D eigenvalue weighted by Gasteiger charge is -2.12. The summed E-state index contributed by atoms with van der Waals surface area (Å²) in [6, 6.07) is 0.914. The fourth-order valence-corrected chi connectivity index (χ4v) is 3.08. The second-order valence-corrected chi connectivity index (χ2v) is 5.73. The zero-order valence-electron chi connectivity index (χ0n) is 11.1. The Balaban J connectivity index is 2.04. The average molecular weight is 295 g/mol. The van der Waals surface area contributed by atoms with E-state index in [1.165, 1.54) is 11.3 Å². The van der Waals surface area contributed by atoms with E-state index in [0.29, 0.717) is 30.9 Å². The van der Waals surface area contributed by atoms with Gasteiger partial charge < -0.3 is 15.2 Å². The molecule has 0 aromatic carbocycles. The Morgan fingerprint density at radius 3 is 3.05 bits per heavy atom. The highest BCUT2D eigenvalue weighted by molar-refractivity contribution is 7.14. The van der Waals surface area contributed by atoms with Crippen LogP contribution < -0.4 is 5.32 Å². The molecule has 0 bridgehead atoms. The third-order valence-electron chi connectivity index (χ3n) is 3.11. The molecule has 1 aliphatic heterocycles. The van der Waals surface area contributed by atoms with Crippen LogP contribution in [0.25, 0.3) is 0 Å². The molecular weight excluding hydrogens is 278 g/mol. The summed E-state index contributed by atoms with van der Waals surface area (Å²) in [5, 5.41) is 11.7. The number of allylic oxidation sites excluding steroid dienone is 1. The van der Waals surface area contributed by atoms with Gasteiger partial charge in [0.2, 0.25) is 0 Å². The van der Waals surface area contributed by atoms with Crippen molar-refractivity contribution in [1.29, 1.82) is 0 Å². The minimum atomic E-state index is -1.02. The molecule has 6 heteroatoms. The van der Waals surface area contributed by atoms with Crippen molar-refractivity contribution < 1.29 is 19.4 Å². The van der Waals surface area contributed by atoms with Crippen LogP contribution in [0.4, 0.5) is 0 Å². The molecule has 1 unspecified atom stereocenters. The summed E-state index contributed by atoms with van der Waals surface area (Å²) in [6.07, 6.45) is 3.35. The fourth-order valence-electron chi connectivity index (χ4n) is 2.03. The van der Waals surface area contributed by atoms with E-state index >= 15 is 0 Å². The number of hydrogen-bond acceptors (Lipinski definition) is 4. The summed E-state index contributed by atoms with van der Waals surface area (Å²) >= 11 is 1.42. The van der Waals surface area contributed by atoms with Gasteiger partial charge in [-0.25, -0.2) is 4.79 Å². The number of carbonyl (C=O) groups is 2. The normalized spacial score (nSPS) is 15.2. The largest absolute Gasteiger partial charge is 0.480 e. The minimum Gasteiger partial charge on any atom is -0.480 e. The second-order valence-electron chi connectivity index (χ2n) is 4.59. The quantitative estimate of drug-likeness (QED) is 0.787. The lowest BCUT2D eigenvalue weighted by atomic mass is 10.1. The molecule has 0 fully saturated rings. The van der Waals surface area contributed by atoms with Crippen molar-refractivity contribution in [2.24, 2.45) is 0 Å². The van der Waals surface area contributed by atoms with Gasteiger partial charge in [0.25, 0.3) is 5.91 Å². The van der Waals surface area contributed by atoms with Crippen molar-refractivity contribution in [3.8, 4) is 0 Å². The molecular formula is C14H17NO4S. The predicted molar refractivity (Wildman–Crippen MR) is 76.0 cm³/mol. The number of aliphatic carboxylic acids is 1. The lowest BCUT2D eigenvalue weighted by molar-refractivity contribution is -0.139. The van der Waals surface area contributed by atoms with Gasteiger partial charge in [0.15, 0.2) is 0 Å². The number of amides is 1. The van der Waals surface area contributed by atoms with Crippen molar-refractivity contribution in [1.82, 2.24) is 5.32 Å². The molecule has 1 atom stereocenters. The summed E-state index contributed by atoms with van der Waals surface area (Å²) in [4.78, 5) is 24.9. The molecule has 2 heterocycles. The number of ether oxygens (including phenoxy) is 1. The van der Waals surface area contributed by atoms with Gasteiger partial charge in [0.05, 0.1) is 18.1 Å². The number of fused-ring (bicyclic) bond motifs is 1. The minimum absolute atomic E-state index is 0.333. The maximum atomic E-state index is 12.1. The number of carboxylic acids is 1. The monoisotopic (exact) mass is 295 g/mol. The SMILES string of the molecule is C=CCCC(NC(=O)c1cc2c(s1)CCOC2)C(=O)O. The van der Waals surface area contributed by atoms with Crippen LogP contribution in [-0.4, -0.2) is 29.6 Å². The number of thiophene rings is 1. The Morgan fingerprint density at radius 2 is 2.40 bits per heavy atom. The zero-order valence-corrected chi connectivity index (χ0v) is 11.9. The van der Waals surface area contributed by atoms with Crippen LogP contribution in [0.3, 0.4) is 0 Å². The summed E-state index contributed by atoms with van der Waals surface area (Å²) in [6.45, 7) is 4.75. The van der Waals surface area contributed by atoms with E-state index in [4.69, 9.17) is 9.84 Å². The third-order valence-corrected chi connectivity index (χ3v) is 4.35. The van der Waals surface area contributed by atoms with E-state index in [2.05, 4.69) is 11.9 Å². The highest BCUT2D eigenvalue weighted by Gasteiger charge is 2.22. The van der Waals surface area contributed by atoms with Crippen molar-refractivity contribution in [2.45, 2.75) is 31.9 Å². The molecule has 108 valence electrons. The molecule has 1 aromatic rings. The standard InChI is InChI=1S/C14H17NO4S/c1-2-3-4-10(14(17)18)15-13(16)12-7-9-8-19-6-5-11(9)20-12/h2,7,10H,1,3-6,8H2,(H,15,16)(H,17,18). The van der Waals surface area contributed by atoms with Crippen molar-refractivity contribution >= 4 is 23.2 Å². The Labute approximate surface area is 121 Å². The van der Waals surface area contributed by atoms with Crippen molar-refractivity contribution in [3.05, 3.63) is 34.0 Å². The van der Waals surface area contributed by atoms with Crippen LogP contribution in [0.1, 0.15) is 33.0 Å². The first-order valence-electron chi connectivity index (χ1n) is 6.45. The van der Waals surface area contributed by atoms with Crippen molar-refractivity contribution in [2.75, 3.05) is 6.61 Å². The molecule has 0 saturated carbocycles. The van der Waals surface area contributed by atoms with Gasteiger partial charge in [-0.1, -0.05) is 6.08 Å². The van der Waals surface area contributed by atoms with Gasteiger partial charge in [-0.15, -0.1) is 17.9 Å². The molecule has 5 nitrogen and oxygen atoms in total. The first-order chi connectivity index (χ1) is 9.61. The molecule has 0 saturated heterocycles. The summed E-state index contributed by atoms with van der Waals surface area (Å²) in [7, 11) is 0. The molecule has 1 amide bonds. The van der Waals surface area contributed by atoms with Gasteiger partial charge in [-0.05, 0) is 24.5 Å². The molecule has 0 spiro atoms. The van der Waals surface area contributed by atoms with E-state index in [0.717, 1.165) is 16.9 Å². The summed E-state index contributed by atoms with van der Waals surface area (Å²) in [5.74, 6) is -1.36. The van der Waals surface area contributed by atoms with Crippen LogP contribution in [-0.2, 0) is 22.6 Å². The van der Waals surface area contributed by atoms with Crippen LogP contribution in [0.15, 0.2) is 18.7 Å². The predicted octanol–water partition coefficient (Wildman–Crippen LogP) is 1.97. The smallest absolute Gasteiger partial charge is 0.326 e. The Bertz CT molecular complexity index is 500. The average Bonchev–Trinajstić information content (AvgIpc) is 2.86. The number of hydrogen-bond donors (Lipinski definition) is 2. The van der Waals surface area contributed by atoms with E-state index < -0.39 is 12.0 Å². The Morgan fingerprint density at radius 1 is 1.60 bits per heavy atom. The molecule has 1 aromatic heterocycles. The number of rotatable bonds is 6. The number of nitrogens with one attached hydrogen (secondary N) is 1. The molecule has 2 rings (SSSR count). The highest BCUT2D eigenvalue weighted by atomic mass is 32.1. The first kappa shape index (κ1) is 14.7. The van der Waals surface area contributed by atoms with E-state index in [1.54, 1.807) is 12.1 Å². The van der Waals surface area contributed by atoms with Crippen LogP contribution in [0.5, 0.6) is 0 Å².